The standard InChI is InChI=1S/C10H13NO3/c1-12-8-6-10-9(5-7(8)11)13-3-2-4-14-10/h5-6H,2-4,11H2,1H3. The average Bonchev–Trinajstić information content (AvgIpc) is 2.41. The molecular formula is C10H13NO3. The molecule has 0 unspecified atom stereocenters. The lowest BCUT2D eigenvalue weighted by molar-refractivity contribution is 0.296. The zero-order valence-electron chi connectivity index (χ0n) is 8.08. The highest BCUT2D eigenvalue weighted by molar-refractivity contribution is 5.62. The maximum absolute atomic E-state index is 5.75. The largest absolute Gasteiger partial charge is 0.494 e. The van der Waals surface area contributed by atoms with Gasteiger partial charge in [0.1, 0.15) is 5.75 Å². The molecule has 0 bridgehead atoms. The second-order valence-corrected chi connectivity index (χ2v) is 3.09. The van der Waals surface area contributed by atoms with Crippen molar-refractivity contribution in [3.05, 3.63) is 12.1 Å². The number of fused-ring (bicyclic) bond motifs is 1. The molecule has 0 radical (unpaired) electrons. The van der Waals surface area contributed by atoms with Gasteiger partial charge >= 0.3 is 0 Å². The first kappa shape index (κ1) is 8.99. The fraction of sp³-hybridized carbons (Fsp3) is 0.400. The maximum Gasteiger partial charge on any atom is 0.165 e. The highest BCUT2D eigenvalue weighted by atomic mass is 16.5. The first-order valence-corrected chi connectivity index (χ1v) is 4.54. The Morgan fingerprint density at radius 3 is 2.50 bits per heavy atom. The lowest BCUT2D eigenvalue weighted by atomic mass is 10.2. The number of nitrogens with two attached hydrogens (primary N) is 1. The Morgan fingerprint density at radius 1 is 1.21 bits per heavy atom. The van der Waals surface area contributed by atoms with Crippen LogP contribution in [0.5, 0.6) is 17.2 Å². The van der Waals surface area contributed by atoms with Crippen LogP contribution in [0.2, 0.25) is 0 Å². The zero-order valence-corrected chi connectivity index (χ0v) is 8.08. The summed E-state index contributed by atoms with van der Waals surface area (Å²) in [6.45, 7) is 1.33. The van der Waals surface area contributed by atoms with Crippen molar-refractivity contribution in [3.8, 4) is 17.2 Å². The van der Waals surface area contributed by atoms with Crippen molar-refractivity contribution in [2.75, 3.05) is 26.1 Å². The average molecular weight is 195 g/mol. The van der Waals surface area contributed by atoms with E-state index in [1.807, 2.05) is 0 Å². The van der Waals surface area contributed by atoms with Gasteiger partial charge in [-0.15, -0.1) is 0 Å². The Morgan fingerprint density at radius 2 is 1.86 bits per heavy atom. The van der Waals surface area contributed by atoms with Crippen molar-refractivity contribution >= 4 is 5.69 Å². The van der Waals surface area contributed by atoms with Crippen molar-refractivity contribution in [2.45, 2.75) is 6.42 Å². The molecule has 0 spiro atoms. The molecule has 0 saturated carbocycles. The van der Waals surface area contributed by atoms with E-state index in [1.54, 1.807) is 19.2 Å². The van der Waals surface area contributed by atoms with E-state index in [0.29, 0.717) is 36.1 Å². The quantitative estimate of drug-likeness (QED) is 0.689. The third-order valence-electron chi connectivity index (χ3n) is 2.10. The van der Waals surface area contributed by atoms with Crippen LogP contribution in [0.4, 0.5) is 5.69 Å². The van der Waals surface area contributed by atoms with Crippen LogP contribution in [-0.4, -0.2) is 20.3 Å². The molecule has 2 N–H and O–H groups in total. The van der Waals surface area contributed by atoms with Gasteiger partial charge in [0.25, 0.3) is 0 Å². The van der Waals surface area contributed by atoms with Crippen LogP contribution in [-0.2, 0) is 0 Å². The molecule has 1 aliphatic heterocycles. The van der Waals surface area contributed by atoms with Crippen molar-refractivity contribution in [3.63, 3.8) is 0 Å². The van der Waals surface area contributed by atoms with Crippen LogP contribution in [0.1, 0.15) is 6.42 Å². The Hall–Kier alpha value is -1.58. The molecule has 0 atom stereocenters. The zero-order chi connectivity index (χ0) is 9.97. The fourth-order valence-corrected chi connectivity index (χ4v) is 1.38. The summed E-state index contributed by atoms with van der Waals surface area (Å²) >= 11 is 0. The summed E-state index contributed by atoms with van der Waals surface area (Å²) in [5.74, 6) is 2.02. The van der Waals surface area contributed by atoms with Gasteiger partial charge in [-0.3, -0.25) is 0 Å². The van der Waals surface area contributed by atoms with Crippen LogP contribution >= 0.6 is 0 Å². The van der Waals surface area contributed by atoms with Crippen LogP contribution in [0, 0.1) is 0 Å². The van der Waals surface area contributed by atoms with Crippen LogP contribution in [0.15, 0.2) is 12.1 Å². The molecule has 76 valence electrons. The van der Waals surface area contributed by atoms with Gasteiger partial charge in [0.05, 0.1) is 26.0 Å². The summed E-state index contributed by atoms with van der Waals surface area (Å²) in [7, 11) is 1.58. The van der Waals surface area contributed by atoms with E-state index >= 15 is 0 Å². The topological polar surface area (TPSA) is 53.7 Å². The second-order valence-electron chi connectivity index (χ2n) is 3.09. The number of anilines is 1. The van der Waals surface area contributed by atoms with E-state index in [2.05, 4.69) is 0 Å². The molecule has 4 nitrogen and oxygen atoms in total. The number of nitrogen functional groups attached to an aromatic ring is 1. The highest BCUT2D eigenvalue weighted by Crippen LogP contribution is 2.37. The molecule has 1 aliphatic rings. The Bertz CT molecular complexity index is 338. The fourth-order valence-electron chi connectivity index (χ4n) is 1.38. The molecule has 1 aromatic rings. The van der Waals surface area contributed by atoms with Gasteiger partial charge in [0.2, 0.25) is 0 Å². The minimum Gasteiger partial charge on any atom is -0.494 e. The van der Waals surface area contributed by atoms with Crippen LogP contribution < -0.4 is 19.9 Å². The van der Waals surface area contributed by atoms with Crippen molar-refractivity contribution in [2.24, 2.45) is 0 Å². The number of methoxy groups -OCH3 is 1. The van der Waals surface area contributed by atoms with E-state index in [1.165, 1.54) is 0 Å². The summed E-state index contributed by atoms with van der Waals surface area (Å²) in [6, 6.07) is 3.50. The Balaban J connectivity index is 2.41. The first-order chi connectivity index (χ1) is 6.81. The molecule has 0 amide bonds. The van der Waals surface area contributed by atoms with Crippen molar-refractivity contribution in [1.29, 1.82) is 0 Å². The maximum atomic E-state index is 5.75. The van der Waals surface area contributed by atoms with Crippen molar-refractivity contribution in [1.82, 2.24) is 0 Å². The molecule has 0 saturated heterocycles. The van der Waals surface area contributed by atoms with Crippen LogP contribution in [0.25, 0.3) is 0 Å². The van der Waals surface area contributed by atoms with Gasteiger partial charge in [0, 0.05) is 18.6 Å². The van der Waals surface area contributed by atoms with Gasteiger partial charge in [-0.2, -0.15) is 0 Å². The lowest BCUT2D eigenvalue weighted by Crippen LogP contribution is -1.97. The molecule has 2 rings (SSSR count). The minimum absolute atomic E-state index is 0.566. The van der Waals surface area contributed by atoms with Gasteiger partial charge in [-0.25, -0.2) is 0 Å². The molecule has 0 aliphatic carbocycles. The predicted octanol–water partition coefficient (Wildman–Crippen LogP) is 1.44. The van der Waals surface area contributed by atoms with Gasteiger partial charge < -0.3 is 19.9 Å². The lowest BCUT2D eigenvalue weighted by Gasteiger charge is -2.10. The van der Waals surface area contributed by atoms with Crippen molar-refractivity contribution < 1.29 is 14.2 Å². The summed E-state index contributed by atoms with van der Waals surface area (Å²) in [5.41, 5.74) is 6.31. The Kier molecular flexibility index (Phi) is 2.35. The summed E-state index contributed by atoms with van der Waals surface area (Å²) in [5, 5.41) is 0. The number of rotatable bonds is 1. The normalized spacial score (nSPS) is 14.6. The third-order valence-corrected chi connectivity index (χ3v) is 2.10. The Labute approximate surface area is 82.6 Å². The summed E-state index contributed by atoms with van der Waals surface area (Å²) in [6.07, 6.45) is 0.886. The SMILES string of the molecule is COc1cc2c(cc1N)OCCCO2. The molecule has 1 aromatic carbocycles. The summed E-state index contributed by atoms with van der Waals surface area (Å²) in [4.78, 5) is 0. The first-order valence-electron chi connectivity index (χ1n) is 4.54. The van der Waals surface area contributed by atoms with Gasteiger partial charge in [-0.1, -0.05) is 0 Å². The smallest absolute Gasteiger partial charge is 0.165 e. The number of ether oxygens (including phenoxy) is 3. The number of hydrogen-bond donors (Lipinski definition) is 1. The predicted molar refractivity (Wildman–Crippen MR) is 53.0 cm³/mol. The van der Waals surface area contributed by atoms with Gasteiger partial charge in [-0.05, 0) is 0 Å². The summed E-state index contributed by atoms with van der Waals surface area (Å²) < 4.78 is 16.0. The van der Waals surface area contributed by atoms with E-state index in [4.69, 9.17) is 19.9 Å². The molecule has 0 aromatic heterocycles. The van der Waals surface area contributed by atoms with E-state index in [0.717, 1.165) is 6.42 Å². The molecule has 0 fully saturated rings. The van der Waals surface area contributed by atoms with E-state index in [-0.39, 0.29) is 0 Å². The molecule has 4 heteroatoms. The second kappa shape index (κ2) is 3.65. The van der Waals surface area contributed by atoms with Gasteiger partial charge in [0.15, 0.2) is 11.5 Å². The third kappa shape index (κ3) is 1.55. The molecule has 1 heterocycles. The molecular weight excluding hydrogens is 182 g/mol. The van der Waals surface area contributed by atoms with E-state index < -0.39 is 0 Å². The number of benzene rings is 1. The minimum atomic E-state index is 0.566. The number of hydrogen-bond acceptors (Lipinski definition) is 4. The van der Waals surface area contributed by atoms with E-state index in [9.17, 15) is 0 Å². The van der Waals surface area contributed by atoms with Crippen LogP contribution in [0.3, 0.4) is 0 Å². The molecule has 14 heavy (non-hydrogen) atoms. The highest BCUT2D eigenvalue weighted by Gasteiger charge is 2.13. The monoisotopic (exact) mass is 195 g/mol.